The van der Waals surface area contributed by atoms with Gasteiger partial charge in [0.2, 0.25) is 0 Å². The first-order chi connectivity index (χ1) is 10.1. The lowest BCUT2D eigenvalue weighted by atomic mass is 10.1. The molecule has 0 unspecified atom stereocenters. The van der Waals surface area contributed by atoms with Crippen molar-refractivity contribution in [2.24, 2.45) is 0 Å². The fourth-order valence-corrected chi connectivity index (χ4v) is 2.34. The molecule has 0 atom stereocenters. The molecule has 0 aliphatic heterocycles. The molecule has 0 aliphatic rings. The Morgan fingerprint density at radius 1 is 1.24 bits per heavy atom. The van der Waals surface area contributed by atoms with E-state index in [-0.39, 0.29) is 11.5 Å². The molecule has 1 amide bonds. The van der Waals surface area contributed by atoms with Crippen molar-refractivity contribution in [2.75, 3.05) is 5.32 Å². The van der Waals surface area contributed by atoms with E-state index < -0.39 is 5.91 Å². The summed E-state index contributed by atoms with van der Waals surface area (Å²) < 4.78 is 5.58. The smallest absolute Gasteiger partial charge is 0.291 e. The molecule has 4 nitrogen and oxygen atoms in total. The fourth-order valence-electron chi connectivity index (χ4n) is 2.17. The molecule has 2 N–H and O–H groups in total. The maximum Gasteiger partial charge on any atom is 0.291 e. The SMILES string of the molecule is Cc1c(C(=O)Nc2ccccc2O)oc2ccc(Cl)cc12. The number of hydrogen-bond donors (Lipinski definition) is 2. The van der Waals surface area contributed by atoms with Crippen LogP contribution in [0.15, 0.2) is 46.9 Å². The van der Waals surface area contributed by atoms with Gasteiger partial charge in [-0.05, 0) is 37.3 Å². The van der Waals surface area contributed by atoms with Crippen molar-refractivity contribution in [1.82, 2.24) is 0 Å². The predicted octanol–water partition coefficient (Wildman–Crippen LogP) is 4.35. The molecule has 106 valence electrons. The maximum absolute atomic E-state index is 12.3. The Kier molecular flexibility index (Phi) is 3.31. The van der Waals surface area contributed by atoms with Crippen LogP contribution >= 0.6 is 11.6 Å². The van der Waals surface area contributed by atoms with Crippen LogP contribution in [0.2, 0.25) is 5.02 Å². The van der Waals surface area contributed by atoms with Crippen molar-refractivity contribution in [1.29, 1.82) is 0 Å². The molecule has 0 saturated carbocycles. The molecule has 0 bridgehead atoms. The Labute approximate surface area is 126 Å². The molecule has 0 aliphatic carbocycles. The number of carbonyl (C=O) groups excluding carboxylic acids is 1. The van der Waals surface area contributed by atoms with Gasteiger partial charge >= 0.3 is 0 Å². The average molecular weight is 302 g/mol. The number of carbonyl (C=O) groups is 1. The zero-order valence-electron chi connectivity index (χ0n) is 11.2. The summed E-state index contributed by atoms with van der Waals surface area (Å²) in [6.45, 7) is 1.79. The van der Waals surface area contributed by atoms with E-state index in [1.54, 1.807) is 43.3 Å². The standard InChI is InChI=1S/C16H12ClNO3/c1-9-11-8-10(17)6-7-14(11)21-15(9)16(20)18-12-4-2-3-5-13(12)19/h2-8,19H,1H3,(H,18,20). The molecule has 3 aromatic rings. The van der Waals surface area contributed by atoms with Gasteiger partial charge in [-0.1, -0.05) is 23.7 Å². The number of benzene rings is 2. The van der Waals surface area contributed by atoms with Gasteiger partial charge in [-0.3, -0.25) is 4.79 Å². The lowest BCUT2D eigenvalue weighted by molar-refractivity contribution is 0.0997. The molecule has 21 heavy (non-hydrogen) atoms. The van der Waals surface area contributed by atoms with E-state index in [4.69, 9.17) is 16.0 Å². The van der Waals surface area contributed by atoms with Gasteiger partial charge in [0.25, 0.3) is 5.91 Å². The highest BCUT2D eigenvalue weighted by atomic mass is 35.5. The summed E-state index contributed by atoms with van der Waals surface area (Å²) >= 11 is 5.95. The fraction of sp³-hybridized carbons (Fsp3) is 0.0625. The van der Waals surface area contributed by atoms with Gasteiger partial charge in [0.1, 0.15) is 11.3 Å². The van der Waals surface area contributed by atoms with E-state index >= 15 is 0 Å². The number of para-hydroxylation sites is 2. The van der Waals surface area contributed by atoms with Crippen LogP contribution in [0.25, 0.3) is 11.0 Å². The second kappa shape index (κ2) is 5.14. The van der Waals surface area contributed by atoms with Gasteiger partial charge in [0, 0.05) is 16.0 Å². The highest BCUT2D eigenvalue weighted by Gasteiger charge is 2.18. The molecule has 3 rings (SSSR count). The van der Waals surface area contributed by atoms with Gasteiger partial charge in [0.05, 0.1) is 5.69 Å². The van der Waals surface area contributed by atoms with Crippen LogP contribution in [0.3, 0.4) is 0 Å². The third kappa shape index (κ3) is 2.45. The van der Waals surface area contributed by atoms with Crippen molar-refractivity contribution < 1.29 is 14.3 Å². The van der Waals surface area contributed by atoms with Crippen molar-refractivity contribution in [3.05, 3.63) is 58.8 Å². The number of aryl methyl sites for hydroxylation is 1. The quantitative estimate of drug-likeness (QED) is 0.692. The molecule has 2 aromatic carbocycles. The Hall–Kier alpha value is -2.46. The highest BCUT2D eigenvalue weighted by Crippen LogP contribution is 2.29. The number of phenolic OH excluding ortho intramolecular Hbond substituents is 1. The lowest BCUT2D eigenvalue weighted by Gasteiger charge is -2.05. The summed E-state index contributed by atoms with van der Waals surface area (Å²) in [6.07, 6.45) is 0. The number of anilines is 1. The number of amides is 1. The largest absolute Gasteiger partial charge is 0.506 e. The Bertz CT molecular complexity index is 839. The van der Waals surface area contributed by atoms with Crippen LogP contribution in [0.4, 0.5) is 5.69 Å². The summed E-state index contributed by atoms with van der Waals surface area (Å²) in [5, 5.41) is 13.7. The molecule has 1 aromatic heterocycles. The van der Waals surface area contributed by atoms with Crippen LogP contribution in [0.1, 0.15) is 16.1 Å². The van der Waals surface area contributed by atoms with Gasteiger partial charge in [-0.25, -0.2) is 0 Å². The van der Waals surface area contributed by atoms with Crippen LogP contribution in [-0.4, -0.2) is 11.0 Å². The minimum Gasteiger partial charge on any atom is -0.506 e. The Balaban J connectivity index is 1.99. The first kappa shape index (κ1) is 13.5. The number of nitrogens with one attached hydrogen (secondary N) is 1. The van der Waals surface area contributed by atoms with Crippen LogP contribution in [0, 0.1) is 6.92 Å². The first-order valence-electron chi connectivity index (χ1n) is 6.34. The van der Waals surface area contributed by atoms with Crippen molar-refractivity contribution >= 4 is 34.2 Å². The van der Waals surface area contributed by atoms with E-state index in [9.17, 15) is 9.90 Å². The van der Waals surface area contributed by atoms with E-state index in [0.717, 1.165) is 5.39 Å². The van der Waals surface area contributed by atoms with E-state index in [1.165, 1.54) is 6.07 Å². The zero-order chi connectivity index (χ0) is 15.0. The van der Waals surface area contributed by atoms with E-state index in [0.29, 0.717) is 21.9 Å². The summed E-state index contributed by atoms with van der Waals surface area (Å²) in [6, 6.07) is 11.7. The second-order valence-electron chi connectivity index (χ2n) is 4.67. The molecule has 0 radical (unpaired) electrons. The van der Waals surface area contributed by atoms with Crippen molar-refractivity contribution in [3.8, 4) is 5.75 Å². The van der Waals surface area contributed by atoms with Crippen LogP contribution < -0.4 is 5.32 Å². The second-order valence-corrected chi connectivity index (χ2v) is 5.10. The van der Waals surface area contributed by atoms with Crippen LogP contribution in [0.5, 0.6) is 5.75 Å². The van der Waals surface area contributed by atoms with Gasteiger partial charge in [0.15, 0.2) is 5.76 Å². The van der Waals surface area contributed by atoms with Crippen molar-refractivity contribution in [3.63, 3.8) is 0 Å². The van der Waals surface area contributed by atoms with Gasteiger partial charge in [-0.15, -0.1) is 0 Å². The van der Waals surface area contributed by atoms with Gasteiger partial charge in [-0.2, -0.15) is 0 Å². The number of hydrogen-bond acceptors (Lipinski definition) is 3. The molecule has 0 saturated heterocycles. The predicted molar refractivity (Wildman–Crippen MR) is 82.0 cm³/mol. The minimum absolute atomic E-state index is 0.00246. The summed E-state index contributed by atoms with van der Waals surface area (Å²) in [7, 11) is 0. The number of rotatable bonds is 2. The maximum atomic E-state index is 12.3. The van der Waals surface area contributed by atoms with Gasteiger partial charge < -0.3 is 14.8 Å². The Morgan fingerprint density at radius 2 is 2.00 bits per heavy atom. The molecular formula is C16H12ClNO3. The summed E-state index contributed by atoms with van der Waals surface area (Å²) in [4.78, 5) is 12.3. The minimum atomic E-state index is -0.415. The zero-order valence-corrected chi connectivity index (χ0v) is 11.9. The van der Waals surface area contributed by atoms with E-state index in [2.05, 4.69) is 5.32 Å². The molecule has 0 spiro atoms. The Morgan fingerprint density at radius 3 is 2.76 bits per heavy atom. The number of aromatic hydroxyl groups is 1. The average Bonchev–Trinajstić information content (AvgIpc) is 2.79. The number of halogens is 1. The molecular weight excluding hydrogens is 290 g/mol. The monoisotopic (exact) mass is 301 g/mol. The molecule has 0 fully saturated rings. The lowest BCUT2D eigenvalue weighted by Crippen LogP contribution is -2.12. The van der Waals surface area contributed by atoms with Crippen LogP contribution in [-0.2, 0) is 0 Å². The summed E-state index contributed by atoms with van der Waals surface area (Å²) in [5.74, 6) is -0.209. The third-order valence-electron chi connectivity index (χ3n) is 3.26. The molecule has 5 heteroatoms. The highest BCUT2D eigenvalue weighted by molar-refractivity contribution is 6.31. The van der Waals surface area contributed by atoms with Crippen molar-refractivity contribution in [2.45, 2.75) is 6.92 Å². The number of furan rings is 1. The molecule has 1 heterocycles. The normalized spacial score (nSPS) is 10.8. The first-order valence-corrected chi connectivity index (χ1v) is 6.72. The number of fused-ring (bicyclic) bond motifs is 1. The number of phenols is 1. The van der Waals surface area contributed by atoms with E-state index in [1.807, 2.05) is 0 Å². The topological polar surface area (TPSA) is 62.5 Å². The third-order valence-corrected chi connectivity index (χ3v) is 3.49. The summed E-state index contributed by atoms with van der Waals surface area (Å²) in [5.41, 5.74) is 1.64.